The summed E-state index contributed by atoms with van der Waals surface area (Å²) in [5.74, 6) is -0.393. The molecule has 0 saturated carbocycles. The number of hydrogen-bond acceptors (Lipinski definition) is 7. The fraction of sp³-hybridized carbons (Fsp3) is 0.375. The van der Waals surface area contributed by atoms with Gasteiger partial charge in [0.2, 0.25) is 0 Å². The molecule has 0 atom stereocenters. The van der Waals surface area contributed by atoms with Gasteiger partial charge in [0.15, 0.2) is 5.65 Å². The van der Waals surface area contributed by atoms with Crippen LogP contribution in [0.25, 0.3) is 11.2 Å². The normalized spacial score (nSPS) is 11.8. The first-order valence-electron chi connectivity index (χ1n) is 10.8. The standard InChI is InChI=1S/C24H31N7O3/c1-13-7-8-14(16(25)9-13)18(26)17-11-28-20-19(30-17)15(10-27-20)21(32)31-24(5,6)12-29-22(33)34-23(2,3)4/h7-11,26H,12,25H2,1-6H3,(H,27,28)(H,29,33)(H,31,32). The summed E-state index contributed by atoms with van der Waals surface area (Å²) in [4.78, 5) is 36.8. The summed E-state index contributed by atoms with van der Waals surface area (Å²) in [6.45, 7) is 11.0. The molecule has 34 heavy (non-hydrogen) atoms. The quantitative estimate of drug-likeness (QED) is 0.277. The van der Waals surface area contributed by atoms with E-state index in [0.29, 0.717) is 28.1 Å². The van der Waals surface area contributed by atoms with Crippen LogP contribution < -0.4 is 16.4 Å². The molecule has 180 valence electrons. The van der Waals surface area contributed by atoms with Crippen molar-refractivity contribution >= 4 is 34.6 Å². The highest BCUT2D eigenvalue weighted by atomic mass is 16.6. The number of ether oxygens (including phenoxy) is 1. The molecule has 3 rings (SSSR count). The van der Waals surface area contributed by atoms with Crippen molar-refractivity contribution in [1.82, 2.24) is 25.6 Å². The number of hydrogen-bond donors (Lipinski definition) is 5. The average Bonchev–Trinajstić information content (AvgIpc) is 3.14. The fourth-order valence-electron chi connectivity index (χ4n) is 3.26. The number of rotatable bonds is 6. The minimum absolute atomic E-state index is 0.112. The van der Waals surface area contributed by atoms with E-state index in [2.05, 4.69) is 25.6 Å². The number of anilines is 1. The van der Waals surface area contributed by atoms with Crippen LogP contribution in [0.1, 0.15) is 61.8 Å². The van der Waals surface area contributed by atoms with Crippen molar-refractivity contribution in [3.63, 3.8) is 0 Å². The Bertz CT molecular complexity index is 1260. The van der Waals surface area contributed by atoms with Gasteiger partial charge in [-0.3, -0.25) is 10.2 Å². The van der Waals surface area contributed by atoms with Crippen LogP contribution in [0, 0.1) is 12.3 Å². The molecule has 10 heteroatoms. The van der Waals surface area contributed by atoms with Crippen molar-refractivity contribution in [2.45, 2.75) is 52.7 Å². The number of fused-ring (bicyclic) bond motifs is 1. The summed E-state index contributed by atoms with van der Waals surface area (Å²) in [6, 6.07) is 5.43. The number of carbonyl (C=O) groups excluding carboxylic acids is 2. The zero-order valence-corrected chi connectivity index (χ0v) is 20.3. The Morgan fingerprint density at radius 3 is 2.53 bits per heavy atom. The van der Waals surface area contributed by atoms with E-state index in [1.54, 1.807) is 46.8 Å². The lowest BCUT2D eigenvalue weighted by molar-refractivity contribution is 0.0509. The number of nitrogen functional groups attached to an aromatic ring is 1. The second-order valence-corrected chi connectivity index (χ2v) is 9.81. The molecule has 1 aromatic carbocycles. The van der Waals surface area contributed by atoms with Crippen molar-refractivity contribution in [2.75, 3.05) is 12.3 Å². The van der Waals surface area contributed by atoms with Crippen LogP contribution in [-0.2, 0) is 4.74 Å². The number of amides is 2. The van der Waals surface area contributed by atoms with Crippen LogP contribution in [0.4, 0.5) is 10.5 Å². The predicted octanol–water partition coefficient (Wildman–Crippen LogP) is 3.30. The molecule has 0 bridgehead atoms. The maximum Gasteiger partial charge on any atom is 0.407 e. The number of aromatic nitrogens is 3. The number of nitrogens with zero attached hydrogens (tertiary/aromatic N) is 2. The molecule has 0 aliphatic carbocycles. The molecule has 2 amide bonds. The SMILES string of the molecule is Cc1ccc(C(=N)c2cnc3[nH]cc(C(=O)NC(C)(C)CNC(=O)OC(C)(C)C)c3n2)c(N)c1. The lowest BCUT2D eigenvalue weighted by Gasteiger charge is -2.27. The zero-order valence-electron chi connectivity index (χ0n) is 20.3. The highest BCUT2D eigenvalue weighted by molar-refractivity contribution is 6.13. The molecular weight excluding hydrogens is 434 g/mol. The van der Waals surface area contributed by atoms with Gasteiger partial charge in [-0.05, 0) is 53.2 Å². The maximum absolute atomic E-state index is 13.0. The van der Waals surface area contributed by atoms with Crippen molar-refractivity contribution in [2.24, 2.45) is 0 Å². The van der Waals surface area contributed by atoms with E-state index in [4.69, 9.17) is 15.9 Å². The number of H-pyrrole nitrogens is 1. The van der Waals surface area contributed by atoms with Crippen molar-refractivity contribution in [1.29, 1.82) is 5.41 Å². The van der Waals surface area contributed by atoms with Crippen molar-refractivity contribution in [3.8, 4) is 0 Å². The molecule has 0 radical (unpaired) electrons. The van der Waals surface area contributed by atoms with E-state index in [9.17, 15) is 9.59 Å². The minimum atomic E-state index is -0.772. The van der Waals surface area contributed by atoms with Crippen LogP contribution in [0.5, 0.6) is 0 Å². The maximum atomic E-state index is 13.0. The fourth-order valence-corrected chi connectivity index (χ4v) is 3.26. The van der Waals surface area contributed by atoms with Gasteiger partial charge >= 0.3 is 6.09 Å². The number of nitrogens with two attached hydrogens (primary N) is 1. The van der Waals surface area contributed by atoms with Gasteiger partial charge in [0.1, 0.15) is 16.8 Å². The van der Waals surface area contributed by atoms with Gasteiger partial charge in [-0.2, -0.15) is 0 Å². The van der Waals surface area contributed by atoms with Gasteiger partial charge < -0.3 is 26.1 Å². The van der Waals surface area contributed by atoms with E-state index < -0.39 is 23.1 Å². The molecule has 2 aromatic heterocycles. The van der Waals surface area contributed by atoms with Gasteiger partial charge in [-0.15, -0.1) is 0 Å². The summed E-state index contributed by atoms with van der Waals surface area (Å²) in [6.07, 6.45) is 2.42. The second kappa shape index (κ2) is 9.12. The van der Waals surface area contributed by atoms with E-state index >= 15 is 0 Å². The summed E-state index contributed by atoms with van der Waals surface area (Å²) in [5.41, 5.74) is 8.13. The summed E-state index contributed by atoms with van der Waals surface area (Å²) >= 11 is 0. The molecule has 3 aromatic rings. The number of aromatic amines is 1. The molecule has 0 saturated heterocycles. The van der Waals surface area contributed by atoms with E-state index in [0.717, 1.165) is 5.56 Å². The Hall–Kier alpha value is -3.95. The van der Waals surface area contributed by atoms with Gasteiger partial charge in [0.25, 0.3) is 5.91 Å². The Morgan fingerprint density at radius 2 is 1.88 bits per heavy atom. The molecule has 10 nitrogen and oxygen atoms in total. The smallest absolute Gasteiger partial charge is 0.407 e. The summed E-state index contributed by atoms with van der Waals surface area (Å²) in [5, 5.41) is 14.1. The monoisotopic (exact) mass is 465 g/mol. The first-order valence-corrected chi connectivity index (χ1v) is 10.8. The highest BCUT2D eigenvalue weighted by Crippen LogP contribution is 2.20. The average molecular weight is 466 g/mol. The molecule has 0 spiro atoms. The first-order chi connectivity index (χ1) is 15.8. The Labute approximate surface area is 198 Å². The molecule has 0 unspecified atom stereocenters. The zero-order chi connectivity index (χ0) is 25.3. The number of carbonyl (C=O) groups is 2. The molecule has 0 fully saturated rings. The second-order valence-electron chi connectivity index (χ2n) is 9.81. The van der Waals surface area contributed by atoms with E-state index in [1.807, 2.05) is 13.0 Å². The number of aryl methyl sites for hydroxylation is 1. The lowest BCUT2D eigenvalue weighted by atomic mass is 10.0. The van der Waals surface area contributed by atoms with Crippen molar-refractivity contribution < 1.29 is 14.3 Å². The first kappa shape index (κ1) is 24.7. The van der Waals surface area contributed by atoms with Gasteiger partial charge in [0.05, 0.1) is 23.0 Å². The molecule has 0 aliphatic heterocycles. The Morgan fingerprint density at radius 1 is 1.18 bits per heavy atom. The molecular formula is C24H31N7O3. The van der Waals surface area contributed by atoms with Crippen LogP contribution in [-0.4, -0.2) is 50.3 Å². The Kier molecular flexibility index (Phi) is 6.63. The lowest BCUT2D eigenvalue weighted by Crippen LogP contribution is -2.52. The van der Waals surface area contributed by atoms with Crippen LogP contribution in [0.15, 0.2) is 30.6 Å². The third kappa shape index (κ3) is 5.89. The third-order valence-electron chi connectivity index (χ3n) is 4.88. The van der Waals surface area contributed by atoms with E-state index in [-0.39, 0.29) is 17.8 Å². The molecule has 2 heterocycles. The molecule has 6 N–H and O–H groups in total. The van der Waals surface area contributed by atoms with Crippen LogP contribution >= 0.6 is 0 Å². The summed E-state index contributed by atoms with van der Waals surface area (Å²) < 4.78 is 5.24. The van der Waals surface area contributed by atoms with Gasteiger partial charge in [0, 0.05) is 24.0 Å². The number of alkyl carbamates (subject to hydrolysis) is 1. The van der Waals surface area contributed by atoms with Crippen LogP contribution in [0.2, 0.25) is 0 Å². The minimum Gasteiger partial charge on any atom is -0.444 e. The number of nitrogens with one attached hydrogen (secondary N) is 4. The topological polar surface area (TPSA) is 159 Å². The predicted molar refractivity (Wildman–Crippen MR) is 131 cm³/mol. The largest absolute Gasteiger partial charge is 0.444 e. The number of benzene rings is 1. The molecule has 0 aliphatic rings. The highest BCUT2D eigenvalue weighted by Gasteiger charge is 2.26. The van der Waals surface area contributed by atoms with Crippen LogP contribution in [0.3, 0.4) is 0 Å². The summed E-state index contributed by atoms with van der Waals surface area (Å²) in [7, 11) is 0. The van der Waals surface area contributed by atoms with Gasteiger partial charge in [-0.1, -0.05) is 12.1 Å². The third-order valence-corrected chi connectivity index (χ3v) is 4.88. The van der Waals surface area contributed by atoms with Crippen molar-refractivity contribution in [3.05, 3.63) is 53.0 Å². The Balaban J connectivity index is 1.78. The van der Waals surface area contributed by atoms with E-state index in [1.165, 1.54) is 12.4 Å². The van der Waals surface area contributed by atoms with Gasteiger partial charge in [-0.25, -0.2) is 14.8 Å².